The number of carbonyl (C=O) groups excluding carboxylic acids is 2. The zero-order valence-electron chi connectivity index (χ0n) is 22.9. The zero-order valence-corrected chi connectivity index (χ0v) is 25.3. The minimum Gasteiger partial charge on any atom is -0.462 e. The highest BCUT2D eigenvalue weighted by Crippen LogP contribution is 2.48. The summed E-state index contributed by atoms with van der Waals surface area (Å²) in [5.74, 6) is -0.610. The Bertz CT molecular complexity index is 1130. The molecule has 1 unspecified atom stereocenters. The predicted octanol–water partition coefficient (Wildman–Crippen LogP) is 3.09. The Hall–Kier alpha value is -1.38. The highest BCUT2D eigenvalue weighted by Gasteiger charge is 2.58. The van der Waals surface area contributed by atoms with Crippen molar-refractivity contribution >= 4 is 42.2 Å². The summed E-state index contributed by atoms with van der Waals surface area (Å²) in [5.41, 5.74) is -1.07. The van der Waals surface area contributed by atoms with Gasteiger partial charge in [-0.05, 0) is 33.8 Å². The van der Waals surface area contributed by atoms with Crippen molar-refractivity contribution in [1.29, 1.82) is 0 Å². The van der Waals surface area contributed by atoms with Crippen LogP contribution in [0.5, 0.6) is 0 Å². The molecule has 2 rings (SSSR count). The lowest BCUT2D eigenvalue weighted by Crippen LogP contribution is -2.41. The number of aryl methyl sites for hydroxylation is 1. The predicted molar refractivity (Wildman–Crippen MR) is 143 cm³/mol. The van der Waals surface area contributed by atoms with Gasteiger partial charge in [-0.2, -0.15) is 4.98 Å². The molecule has 0 aliphatic carbocycles. The Balaban J connectivity index is 2.16. The van der Waals surface area contributed by atoms with Crippen molar-refractivity contribution in [3.05, 3.63) is 28.4 Å². The van der Waals surface area contributed by atoms with Crippen LogP contribution in [0.15, 0.2) is 17.1 Å². The number of rotatable bonds is 12. The highest BCUT2D eigenvalue weighted by atomic mass is 35.5. The average Bonchev–Trinajstić information content (AvgIpc) is 3.03. The van der Waals surface area contributed by atoms with Gasteiger partial charge in [-0.3, -0.25) is 23.2 Å². The van der Waals surface area contributed by atoms with Crippen LogP contribution in [0.4, 0.5) is 4.39 Å². The first-order valence-electron chi connectivity index (χ1n) is 12.2. The van der Waals surface area contributed by atoms with Crippen molar-refractivity contribution in [2.45, 2.75) is 84.2 Å². The standard InChI is InChI=1S/C23H36ClFN3O9PS/c1-13(2)36-18(30)15(4)27-38(33,34-10-11-39-20(31)22(5,6)7)35-12-16-17(29)23(24,25)19(37-16)28-9-8-14(3)26-21(28)32/h8-9,13,15-17,19,29H,10-12H2,1-7H3,(H,27,33)/t15-,16+,17+,19+,23+,38?/m0/s1. The molecule has 1 aromatic rings. The van der Waals surface area contributed by atoms with Crippen LogP contribution in [-0.2, 0) is 32.7 Å². The molecule has 0 aromatic carbocycles. The van der Waals surface area contributed by atoms with Crippen molar-refractivity contribution in [3.63, 3.8) is 0 Å². The maximum Gasteiger partial charge on any atom is 0.406 e. The number of thioether (sulfide) groups is 1. The molecular formula is C23H36ClFN3O9PS. The van der Waals surface area contributed by atoms with Crippen LogP contribution in [0.25, 0.3) is 0 Å². The molecule has 2 N–H and O–H groups in total. The van der Waals surface area contributed by atoms with Crippen LogP contribution in [-0.4, -0.2) is 74.2 Å². The molecule has 6 atom stereocenters. The topological polar surface area (TPSA) is 155 Å². The summed E-state index contributed by atoms with van der Waals surface area (Å²) in [4.78, 5) is 40.4. The van der Waals surface area contributed by atoms with E-state index in [1.54, 1.807) is 41.5 Å². The molecule has 1 aliphatic heterocycles. The smallest absolute Gasteiger partial charge is 0.406 e. The number of hydrogen-bond donors (Lipinski definition) is 2. The Morgan fingerprint density at radius 3 is 2.56 bits per heavy atom. The van der Waals surface area contributed by atoms with Gasteiger partial charge < -0.3 is 14.6 Å². The second kappa shape index (κ2) is 13.5. The fourth-order valence-electron chi connectivity index (χ4n) is 3.20. The Kier molecular flexibility index (Phi) is 11.7. The molecule has 2 heterocycles. The SMILES string of the molecule is Cc1ccn([C@@H]2O[C@H](COP(=O)(N[C@@H](C)C(=O)OC(C)C)OCCSC(=O)C(C)(C)C)[C@@H](O)[C@]2(F)Cl)c(=O)n1. The summed E-state index contributed by atoms with van der Waals surface area (Å²) >= 11 is 6.89. The third-order valence-electron chi connectivity index (χ3n) is 5.26. The van der Waals surface area contributed by atoms with Gasteiger partial charge >= 0.3 is 19.4 Å². The van der Waals surface area contributed by atoms with E-state index in [2.05, 4.69) is 10.1 Å². The van der Waals surface area contributed by atoms with E-state index in [1.165, 1.54) is 19.2 Å². The number of nitrogens with one attached hydrogen (secondary N) is 1. The lowest BCUT2D eigenvalue weighted by molar-refractivity contribution is -0.149. The van der Waals surface area contributed by atoms with Crippen LogP contribution < -0.4 is 10.8 Å². The third-order valence-corrected chi connectivity index (χ3v) is 8.63. The largest absolute Gasteiger partial charge is 0.462 e. The summed E-state index contributed by atoms with van der Waals surface area (Å²) in [6, 6.07) is 0.287. The molecule has 1 saturated heterocycles. The minimum absolute atomic E-state index is 0.112. The number of aliphatic hydroxyl groups excluding tert-OH is 1. The maximum absolute atomic E-state index is 15.3. The third kappa shape index (κ3) is 9.32. The molecule has 16 heteroatoms. The second-order valence-corrected chi connectivity index (χ2v) is 13.7. The molecule has 1 aromatic heterocycles. The van der Waals surface area contributed by atoms with Crippen LogP contribution in [0.3, 0.4) is 0 Å². The molecule has 1 aliphatic rings. The van der Waals surface area contributed by atoms with Gasteiger partial charge in [-0.25, -0.2) is 18.8 Å². The molecular weight excluding hydrogens is 580 g/mol. The molecule has 0 radical (unpaired) electrons. The zero-order chi connectivity index (χ0) is 29.8. The molecule has 0 amide bonds. The average molecular weight is 616 g/mol. The van der Waals surface area contributed by atoms with Crippen molar-refractivity contribution in [2.75, 3.05) is 19.0 Å². The molecule has 39 heavy (non-hydrogen) atoms. The van der Waals surface area contributed by atoms with Gasteiger partial charge in [0.05, 0.1) is 19.3 Å². The number of ether oxygens (including phenoxy) is 2. The first kappa shape index (κ1) is 33.8. The fourth-order valence-corrected chi connectivity index (χ4v) is 5.88. The summed E-state index contributed by atoms with van der Waals surface area (Å²) in [6.45, 7) is 10.6. The molecule has 0 saturated carbocycles. The summed E-state index contributed by atoms with van der Waals surface area (Å²) in [5, 5.41) is 9.88. The van der Waals surface area contributed by atoms with E-state index in [4.69, 9.17) is 30.1 Å². The van der Waals surface area contributed by atoms with Gasteiger partial charge in [-0.15, -0.1) is 0 Å². The number of halogens is 2. The normalized spacial score (nSPS) is 25.9. The van der Waals surface area contributed by atoms with Gasteiger partial charge in [0.1, 0.15) is 18.2 Å². The lowest BCUT2D eigenvalue weighted by Gasteiger charge is -2.25. The van der Waals surface area contributed by atoms with Crippen molar-refractivity contribution in [1.82, 2.24) is 14.6 Å². The van der Waals surface area contributed by atoms with Crippen LogP contribution in [0, 0.1) is 12.3 Å². The first-order chi connectivity index (χ1) is 17.9. The van der Waals surface area contributed by atoms with E-state index in [0.29, 0.717) is 5.69 Å². The Morgan fingerprint density at radius 1 is 1.36 bits per heavy atom. The lowest BCUT2D eigenvalue weighted by atomic mass is 10.00. The van der Waals surface area contributed by atoms with Gasteiger partial charge in [0.2, 0.25) is 0 Å². The highest BCUT2D eigenvalue weighted by molar-refractivity contribution is 8.13. The molecule has 0 spiro atoms. The van der Waals surface area contributed by atoms with Crippen molar-refractivity contribution in [3.8, 4) is 0 Å². The molecule has 222 valence electrons. The van der Waals surface area contributed by atoms with Gasteiger partial charge in [0, 0.05) is 23.1 Å². The van der Waals surface area contributed by atoms with Gasteiger partial charge in [0.15, 0.2) is 11.3 Å². The maximum atomic E-state index is 15.3. The molecule has 1 fully saturated rings. The Labute approximate surface area is 235 Å². The van der Waals surface area contributed by atoms with Crippen molar-refractivity contribution < 1.29 is 42.2 Å². The van der Waals surface area contributed by atoms with E-state index in [-0.39, 0.29) is 17.5 Å². The first-order valence-corrected chi connectivity index (χ1v) is 15.1. The van der Waals surface area contributed by atoms with E-state index < -0.39 is 67.1 Å². The molecule has 12 nitrogen and oxygen atoms in total. The second-order valence-electron chi connectivity index (χ2n) is 10.3. The summed E-state index contributed by atoms with van der Waals surface area (Å²) in [7, 11) is -4.31. The number of aromatic nitrogens is 2. The minimum atomic E-state index is -4.31. The van der Waals surface area contributed by atoms with E-state index in [1.807, 2.05) is 0 Å². The number of aliphatic hydroxyl groups is 1. The van der Waals surface area contributed by atoms with E-state index in [0.717, 1.165) is 16.3 Å². The quantitative estimate of drug-likeness (QED) is 0.154. The van der Waals surface area contributed by atoms with Gasteiger partial charge in [0.25, 0.3) is 5.13 Å². The van der Waals surface area contributed by atoms with E-state index >= 15 is 4.39 Å². The van der Waals surface area contributed by atoms with E-state index in [9.17, 15) is 24.1 Å². The van der Waals surface area contributed by atoms with Crippen LogP contribution in [0.1, 0.15) is 53.5 Å². The summed E-state index contributed by atoms with van der Waals surface area (Å²) < 4.78 is 51.0. The van der Waals surface area contributed by atoms with Gasteiger partial charge in [-0.1, -0.05) is 44.1 Å². The fraction of sp³-hybridized carbons (Fsp3) is 0.739. The summed E-state index contributed by atoms with van der Waals surface area (Å²) in [6.07, 6.45) is -4.48. The number of hydrogen-bond acceptors (Lipinski definition) is 11. The Morgan fingerprint density at radius 2 is 2.00 bits per heavy atom. The number of nitrogens with zero attached hydrogens (tertiary/aromatic N) is 2. The monoisotopic (exact) mass is 615 g/mol. The van der Waals surface area contributed by atoms with Crippen LogP contribution >= 0.6 is 31.1 Å². The van der Waals surface area contributed by atoms with Crippen LogP contribution in [0.2, 0.25) is 0 Å². The molecule has 0 bridgehead atoms. The number of alkyl halides is 2. The van der Waals surface area contributed by atoms with Crippen molar-refractivity contribution in [2.24, 2.45) is 5.41 Å². The number of esters is 1. The number of carbonyl (C=O) groups is 2.